The standard InChI is InChI=1S/C12H15NO2/c1-9(13)11(12(14)15-2)8-10-6-4-3-5-7-10/h3-7H,8,13H2,1-2H3/b11-9-. The Morgan fingerprint density at radius 2 is 1.93 bits per heavy atom. The Hall–Kier alpha value is -1.77. The van der Waals surface area contributed by atoms with E-state index in [0.717, 1.165) is 5.56 Å². The SMILES string of the molecule is COC(=O)/C(Cc1ccccc1)=C(/C)N. The number of carbonyl (C=O) groups is 1. The molecular formula is C12H15NO2. The van der Waals surface area contributed by atoms with Gasteiger partial charge in [0.2, 0.25) is 0 Å². The van der Waals surface area contributed by atoms with Crippen molar-refractivity contribution in [2.75, 3.05) is 7.11 Å². The van der Waals surface area contributed by atoms with Crippen molar-refractivity contribution in [2.45, 2.75) is 13.3 Å². The van der Waals surface area contributed by atoms with Gasteiger partial charge in [-0.2, -0.15) is 0 Å². The minimum Gasteiger partial charge on any atom is -0.466 e. The first-order valence-corrected chi connectivity index (χ1v) is 4.72. The fraction of sp³-hybridized carbons (Fsp3) is 0.250. The monoisotopic (exact) mass is 205 g/mol. The van der Waals surface area contributed by atoms with Crippen molar-refractivity contribution in [2.24, 2.45) is 5.73 Å². The van der Waals surface area contributed by atoms with Gasteiger partial charge in [0.1, 0.15) is 0 Å². The molecule has 2 N–H and O–H groups in total. The van der Waals surface area contributed by atoms with Crippen LogP contribution in [0.5, 0.6) is 0 Å². The third-order valence-electron chi connectivity index (χ3n) is 2.13. The molecular weight excluding hydrogens is 190 g/mol. The third-order valence-corrected chi connectivity index (χ3v) is 2.13. The first-order chi connectivity index (χ1) is 7.15. The van der Waals surface area contributed by atoms with Crippen LogP contribution in [0.2, 0.25) is 0 Å². The molecule has 0 amide bonds. The maximum atomic E-state index is 11.4. The Balaban J connectivity index is 2.87. The molecule has 0 spiro atoms. The van der Waals surface area contributed by atoms with E-state index in [0.29, 0.717) is 17.7 Å². The summed E-state index contributed by atoms with van der Waals surface area (Å²) in [6.45, 7) is 1.70. The molecule has 0 bridgehead atoms. The molecule has 1 aromatic carbocycles. The zero-order valence-electron chi connectivity index (χ0n) is 8.99. The van der Waals surface area contributed by atoms with E-state index in [1.165, 1.54) is 7.11 Å². The molecule has 0 aromatic heterocycles. The molecule has 80 valence electrons. The van der Waals surface area contributed by atoms with Gasteiger partial charge < -0.3 is 10.5 Å². The van der Waals surface area contributed by atoms with Crippen molar-refractivity contribution in [1.29, 1.82) is 0 Å². The van der Waals surface area contributed by atoms with Crippen molar-refractivity contribution in [3.63, 3.8) is 0 Å². The molecule has 0 saturated heterocycles. The smallest absolute Gasteiger partial charge is 0.335 e. The maximum absolute atomic E-state index is 11.4. The van der Waals surface area contributed by atoms with E-state index < -0.39 is 0 Å². The van der Waals surface area contributed by atoms with Crippen molar-refractivity contribution < 1.29 is 9.53 Å². The summed E-state index contributed by atoms with van der Waals surface area (Å²) in [7, 11) is 1.36. The van der Waals surface area contributed by atoms with Gasteiger partial charge in [-0.05, 0) is 12.5 Å². The lowest BCUT2D eigenvalue weighted by Gasteiger charge is -2.07. The fourth-order valence-corrected chi connectivity index (χ4v) is 1.30. The quantitative estimate of drug-likeness (QED) is 0.602. The molecule has 0 atom stereocenters. The molecule has 0 aliphatic heterocycles. The highest BCUT2D eigenvalue weighted by Crippen LogP contribution is 2.11. The first-order valence-electron chi connectivity index (χ1n) is 4.72. The topological polar surface area (TPSA) is 52.3 Å². The van der Waals surface area contributed by atoms with Crippen molar-refractivity contribution >= 4 is 5.97 Å². The average Bonchev–Trinajstić information content (AvgIpc) is 2.26. The number of allylic oxidation sites excluding steroid dienone is 1. The molecule has 0 saturated carbocycles. The molecule has 0 fully saturated rings. The van der Waals surface area contributed by atoms with Crippen LogP contribution in [0.15, 0.2) is 41.6 Å². The molecule has 0 unspecified atom stereocenters. The Morgan fingerprint density at radius 1 is 1.33 bits per heavy atom. The summed E-state index contributed by atoms with van der Waals surface area (Å²) in [6, 6.07) is 9.68. The van der Waals surface area contributed by atoms with Crippen molar-refractivity contribution in [1.82, 2.24) is 0 Å². The zero-order valence-corrected chi connectivity index (χ0v) is 8.99. The first kappa shape index (κ1) is 11.3. The van der Waals surface area contributed by atoms with Crippen LogP contribution in [0.4, 0.5) is 0 Å². The van der Waals surface area contributed by atoms with Gasteiger partial charge in [-0.15, -0.1) is 0 Å². The molecule has 3 nitrogen and oxygen atoms in total. The predicted molar refractivity (Wildman–Crippen MR) is 59.0 cm³/mol. The molecule has 0 aliphatic rings. The number of nitrogens with two attached hydrogens (primary N) is 1. The summed E-state index contributed by atoms with van der Waals surface area (Å²) in [5.74, 6) is -0.362. The number of esters is 1. The number of methoxy groups -OCH3 is 1. The predicted octanol–water partition coefficient (Wildman–Crippen LogP) is 1.63. The second-order valence-corrected chi connectivity index (χ2v) is 3.32. The van der Waals surface area contributed by atoms with Gasteiger partial charge in [0.25, 0.3) is 0 Å². The number of hydrogen-bond acceptors (Lipinski definition) is 3. The average molecular weight is 205 g/mol. The highest BCUT2D eigenvalue weighted by atomic mass is 16.5. The van der Waals surface area contributed by atoms with Gasteiger partial charge in [0, 0.05) is 12.1 Å². The highest BCUT2D eigenvalue weighted by Gasteiger charge is 2.12. The van der Waals surface area contributed by atoms with Gasteiger partial charge >= 0.3 is 5.97 Å². The lowest BCUT2D eigenvalue weighted by molar-refractivity contribution is -0.136. The van der Waals surface area contributed by atoms with Crippen LogP contribution in [0.25, 0.3) is 0 Å². The third kappa shape index (κ3) is 3.13. The lowest BCUT2D eigenvalue weighted by atomic mass is 10.0. The summed E-state index contributed by atoms with van der Waals surface area (Å²) in [5.41, 5.74) is 7.71. The second kappa shape index (κ2) is 5.20. The van der Waals surface area contributed by atoms with E-state index in [1.807, 2.05) is 30.3 Å². The van der Waals surface area contributed by atoms with E-state index in [1.54, 1.807) is 6.92 Å². The molecule has 1 rings (SSSR count). The van der Waals surface area contributed by atoms with Crippen LogP contribution < -0.4 is 5.73 Å². The number of hydrogen-bond donors (Lipinski definition) is 1. The van der Waals surface area contributed by atoms with Crippen molar-refractivity contribution in [3.05, 3.63) is 47.2 Å². The highest BCUT2D eigenvalue weighted by molar-refractivity contribution is 5.89. The summed E-state index contributed by atoms with van der Waals surface area (Å²) in [5, 5.41) is 0. The van der Waals surface area contributed by atoms with Crippen LogP contribution in [0.1, 0.15) is 12.5 Å². The fourth-order valence-electron chi connectivity index (χ4n) is 1.30. The Morgan fingerprint density at radius 3 is 2.40 bits per heavy atom. The van der Waals surface area contributed by atoms with E-state index in [-0.39, 0.29) is 5.97 Å². The van der Waals surface area contributed by atoms with Crippen LogP contribution in [0, 0.1) is 0 Å². The molecule has 1 aromatic rings. The lowest BCUT2D eigenvalue weighted by Crippen LogP contribution is -2.13. The molecule has 3 heteroatoms. The van der Waals surface area contributed by atoms with Gasteiger partial charge in [-0.25, -0.2) is 4.79 Å². The summed E-state index contributed by atoms with van der Waals surface area (Å²) < 4.78 is 4.67. The van der Waals surface area contributed by atoms with Gasteiger partial charge in [-0.1, -0.05) is 30.3 Å². The summed E-state index contributed by atoms with van der Waals surface area (Å²) in [4.78, 5) is 11.4. The normalized spacial score (nSPS) is 11.9. The second-order valence-electron chi connectivity index (χ2n) is 3.32. The molecule has 0 aliphatic carbocycles. The largest absolute Gasteiger partial charge is 0.466 e. The van der Waals surface area contributed by atoms with E-state index >= 15 is 0 Å². The Labute approximate surface area is 89.5 Å². The van der Waals surface area contributed by atoms with Gasteiger partial charge in [0.15, 0.2) is 0 Å². The van der Waals surface area contributed by atoms with Gasteiger partial charge in [0.05, 0.1) is 12.7 Å². The Kier molecular flexibility index (Phi) is 3.92. The number of ether oxygens (including phenoxy) is 1. The zero-order chi connectivity index (χ0) is 11.3. The summed E-state index contributed by atoms with van der Waals surface area (Å²) >= 11 is 0. The van der Waals surface area contributed by atoms with Crippen molar-refractivity contribution in [3.8, 4) is 0 Å². The molecule has 0 heterocycles. The van der Waals surface area contributed by atoms with Crippen LogP contribution in [-0.2, 0) is 16.0 Å². The van der Waals surface area contributed by atoms with Gasteiger partial charge in [-0.3, -0.25) is 0 Å². The van der Waals surface area contributed by atoms with E-state index in [4.69, 9.17) is 5.73 Å². The number of rotatable bonds is 3. The van der Waals surface area contributed by atoms with E-state index in [2.05, 4.69) is 4.74 Å². The van der Waals surface area contributed by atoms with Crippen LogP contribution >= 0.6 is 0 Å². The number of carbonyl (C=O) groups excluding carboxylic acids is 1. The minimum absolute atomic E-state index is 0.362. The molecule has 0 radical (unpaired) electrons. The van der Waals surface area contributed by atoms with E-state index in [9.17, 15) is 4.79 Å². The van der Waals surface area contributed by atoms with Crippen LogP contribution in [0.3, 0.4) is 0 Å². The maximum Gasteiger partial charge on any atom is 0.335 e. The molecule has 15 heavy (non-hydrogen) atoms. The number of benzene rings is 1. The van der Waals surface area contributed by atoms with Crippen LogP contribution in [-0.4, -0.2) is 13.1 Å². The minimum atomic E-state index is -0.362. The summed E-state index contributed by atoms with van der Waals surface area (Å²) in [6.07, 6.45) is 0.510. The Bertz CT molecular complexity index is 364.